The van der Waals surface area contributed by atoms with Crippen molar-refractivity contribution >= 4 is 11.9 Å². The normalized spacial score (nSPS) is 8.11. The van der Waals surface area contributed by atoms with E-state index in [4.69, 9.17) is 13.9 Å². The van der Waals surface area contributed by atoms with E-state index < -0.39 is 39.8 Å². The molecular formula is C10H18O8U. The average molecular weight is 504 g/mol. The van der Waals surface area contributed by atoms with Crippen molar-refractivity contribution in [1.82, 2.24) is 0 Å². The molecular weight excluding hydrogens is 486 g/mol. The fourth-order valence-electron chi connectivity index (χ4n) is 0.600. The van der Waals surface area contributed by atoms with Gasteiger partial charge in [-0.15, -0.1) is 0 Å². The van der Waals surface area contributed by atoms with E-state index in [1.807, 2.05) is 13.8 Å². The number of rotatable bonds is 8. The molecule has 19 heavy (non-hydrogen) atoms. The van der Waals surface area contributed by atoms with Crippen LogP contribution in [0.1, 0.15) is 26.7 Å². The van der Waals surface area contributed by atoms with Gasteiger partial charge in [0.2, 0.25) is 0 Å². The predicted molar refractivity (Wildman–Crippen MR) is 53.6 cm³/mol. The minimum atomic E-state index is -2.51. The first kappa shape index (κ1) is 23.6. The Kier molecular flexibility index (Phi) is 28.2. The zero-order valence-corrected chi connectivity index (χ0v) is 15.2. The second-order valence-corrected chi connectivity index (χ2v) is 3.42. The van der Waals surface area contributed by atoms with Crippen LogP contribution in [-0.2, 0) is 23.5 Å². The summed E-state index contributed by atoms with van der Waals surface area (Å²) in [7, 11) is 0. The van der Waals surface area contributed by atoms with E-state index in [2.05, 4.69) is 0 Å². The number of hydrogen-bond acceptors (Lipinski definition) is 8. The first-order chi connectivity index (χ1) is 8.95. The van der Waals surface area contributed by atoms with E-state index in [-0.39, 0.29) is 26.1 Å². The van der Waals surface area contributed by atoms with Gasteiger partial charge in [0.1, 0.15) is 0 Å². The van der Waals surface area contributed by atoms with Gasteiger partial charge < -0.3 is 29.3 Å². The maximum absolute atomic E-state index is 9.68. The standard InChI is InChI=1S/2C5H10O3.2O.U/c2*1-2-8-4-3-5(6)7;;;/h2*2-4H2,1H3,(H,6,7);;;/q;;;;+2/p-2. The fraction of sp³-hybridized carbons (Fsp3) is 0.800. The molecule has 0 spiro atoms. The Morgan fingerprint density at radius 3 is 1.32 bits per heavy atom. The zero-order chi connectivity index (χ0) is 15.5. The van der Waals surface area contributed by atoms with E-state index in [0.29, 0.717) is 13.2 Å². The maximum atomic E-state index is 9.68. The molecule has 0 bridgehead atoms. The Hall–Kier alpha value is -0.488. The number of carboxylic acids is 2. The van der Waals surface area contributed by atoms with Gasteiger partial charge in [-0.1, -0.05) is 0 Å². The molecule has 110 valence electrons. The van der Waals surface area contributed by atoms with Gasteiger partial charge in [-0.25, -0.2) is 0 Å². The molecule has 0 rings (SSSR count). The summed E-state index contributed by atoms with van der Waals surface area (Å²) in [6, 6.07) is 0. The van der Waals surface area contributed by atoms with Gasteiger partial charge in [0.05, 0.1) is 13.2 Å². The van der Waals surface area contributed by atoms with Crippen LogP contribution in [0.3, 0.4) is 0 Å². The summed E-state index contributed by atoms with van der Waals surface area (Å²) in [6.07, 6.45) is -0.0122. The summed E-state index contributed by atoms with van der Waals surface area (Å²) < 4.78 is 26.6. The topological polar surface area (TPSA) is 133 Å². The molecule has 0 N–H and O–H groups in total. The molecule has 0 aromatic carbocycles. The third kappa shape index (κ3) is 46.6. The molecule has 8 nitrogen and oxygen atoms in total. The van der Waals surface area contributed by atoms with Crippen molar-refractivity contribution in [3.8, 4) is 0 Å². The first-order valence-corrected chi connectivity index (χ1v) is 8.90. The Morgan fingerprint density at radius 2 is 1.16 bits per heavy atom. The van der Waals surface area contributed by atoms with Crippen molar-refractivity contribution in [3.63, 3.8) is 0 Å². The van der Waals surface area contributed by atoms with Gasteiger partial charge in [-0.2, -0.15) is 0 Å². The fourth-order valence-corrected chi connectivity index (χ4v) is 0.600. The monoisotopic (exact) mass is 504 g/mol. The summed E-state index contributed by atoms with van der Waals surface area (Å²) >= 11 is -2.51. The Labute approximate surface area is 126 Å². The van der Waals surface area contributed by atoms with Gasteiger partial charge in [-0.3, -0.25) is 0 Å². The molecule has 0 fully saturated rings. The molecule has 0 amide bonds. The molecule has 0 aromatic rings. The van der Waals surface area contributed by atoms with Crippen LogP contribution in [0, 0.1) is 27.8 Å². The summed E-state index contributed by atoms with van der Waals surface area (Å²) in [5.74, 6) is -2.11. The molecule has 9 heteroatoms. The molecule has 0 saturated heterocycles. The summed E-state index contributed by atoms with van der Waals surface area (Å²) in [6.45, 7) is 5.28. The Bertz CT molecular complexity index is 230. The van der Waals surface area contributed by atoms with Crippen LogP contribution in [0.2, 0.25) is 0 Å². The number of ether oxygens (including phenoxy) is 2. The van der Waals surface area contributed by atoms with E-state index in [1.165, 1.54) is 0 Å². The molecule has 0 saturated carbocycles. The number of carboxylic acid groups (broad SMARTS) is 2. The van der Waals surface area contributed by atoms with E-state index in [9.17, 15) is 19.8 Å². The van der Waals surface area contributed by atoms with Gasteiger partial charge in [0.25, 0.3) is 0 Å². The molecule has 0 aliphatic rings. The Morgan fingerprint density at radius 1 is 0.895 bits per heavy atom. The molecule has 0 aliphatic carbocycles. The van der Waals surface area contributed by atoms with Crippen molar-refractivity contribution in [3.05, 3.63) is 0 Å². The number of aliphatic carboxylic acids is 2. The molecule has 0 aromatic heterocycles. The van der Waals surface area contributed by atoms with Gasteiger partial charge in [0, 0.05) is 38.0 Å². The minimum absolute atomic E-state index is 0.00611. The van der Waals surface area contributed by atoms with Gasteiger partial charge >= 0.3 is 32.3 Å². The van der Waals surface area contributed by atoms with Crippen molar-refractivity contribution < 1.29 is 61.6 Å². The van der Waals surface area contributed by atoms with E-state index in [1.54, 1.807) is 0 Å². The summed E-state index contributed by atoms with van der Waals surface area (Å²) in [5, 5.41) is 19.4. The molecule has 0 heterocycles. The molecule has 0 aliphatic heterocycles. The van der Waals surface area contributed by atoms with Crippen LogP contribution < -0.4 is 10.2 Å². The molecule has 0 atom stereocenters. The SMILES string of the molecule is CCOCCC(=O)[O-].CCOCCC(=O)[O-].[O]=[U+2]=[O]. The number of carbonyl (C=O) groups excluding carboxylic acids is 2. The van der Waals surface area contributed by atoms with Crippen LogP contribution in [0.5, 0.6) is 0 Å². The third-order valence-electron chi connectivity index (χ3n) is 1.31. The van der Waals surface area contributed by atoms with Gasteiger partial charge in [-0.05, 0) is 13.8 Å². The number of carbonyl (C=O) groups is 2. The average Bonchev–Trinajstić information content (AvgIpc) is 2.31. The third-order valence-corrected chi connectivity index (χ3v) is 1.31. The van der Waals surface area contributed by atoms with Crippen molar-refractivity contribution in [2.24, 2.45) is 0 Å². The predicted octanol–water partition coefficient (Wildman–Crippen LogP) is -1.91. The summed E-state index contributed by atoms with van der Waals surface area (Å²) in [5.41, 5.74) is 0. The number of hydrogen-bond donors (Lipinski definition) is 0. The van der Waals surface area contributed by atoms with Crippen LogP contribution >= 0.6 is 0 Å². The van der Waals surface area contributed by atoms with Crippen molar-refractivity contribution in [2.75, 3.05) is 26.4 Å². The van der Waals surface area contributed by atoms with E-state index >= 15 is 0 Å². The second-order valence-electron chi connectivity index (χ2n) is 2.72. The summed E-state index contributed by atoms with van der Waals surface area (Å²) in [4.78, 5) is 19.4. The molecule has 0 unspecified atom stereocenters. The van der Waals surface area contributed by atoms with Crippen molar-refractivity contribution in [1.29, 1.82) is 0 Å². The first-order valence-electron chi connectivity index (χ1n) is 5.50. The van der Waals surface area contributed by atoms with Crippen LogP contribution in [-0.4, -0.2) is 38.4 Å². The van der Waals surface area contributed by atoms with Crippen LogP contribution in [0.15, 0.2) is 0 Å². The molecule has 0 radical (unpaired) electrons. The zero-order valence-electron chi connectivity index (χ0n) is 11.0. The second kappa shape index (κ2) is 22.7. The van der Waals surface area contributed by atoms with Crippen molar-refractivity contribution in [2.45, 2.75) is 26.7 Å². The van der Waals surface area contributed by atoms with Gasteiger partial charge in [0.15, 0.2) is 0 Å². The van der Waals surface area contributed by atoms with E-state index in [0.717, 1.165) is 0 Å². The van der Waals surface area contributed by atoms with Crippen LogP contribution in [0.4, 0.5) is 0 Å². The Balaban J connectivity index is -0.000000224. The quantitative estimate of drug-likeness (QED) is 0.350. The van der Waals surface area contributed by atoms with Crippen LogP contribution in [0.25, 0.3) is 0 Å².